The second kappa shape index (κ2) is 22.2. The Hall–Kier alpha value is -5.75. The molecule has 2 N–H and O–H groups in total. The molecule has 1 amide bonds. The highest BCUT2D eigenvalue weighted by Crippen LogP contribution is 2.62. The van der Waals surface area contributed by atoms with Gasteiger partial charge < -0.3 is 34.0 Å². The molecule has 1 heterocycles. The van der Waals surface area contributed by atoms with Gasteiger partial charge in [-0.1, -0.05) is 90.8 Å². The molecule has 0 radical (unpaired) electrons. The Morgan fingerprint density at radius 3 is 2.33 bits per heavy atom. The Labute approximate surface area is 376 Å². The molecule has 0 aromatic heterocycles. The number of fused-ring (bicyclic) bond motifs is 2. The fourth-order valence-electron chi connectivity index (χ4n) is 9.74. The summed E-state index contributed by atoms with van der Waals surface area (Å²) in [6.45, 7) is 10.5. The molecule has 0 unspecified atom stereocenters. The van der Waals surface area contributed by atoms with Crippen molar-refractivity contribution in [1.29, 1.82) is 0 Å². The van der Waals surface area contributed by atoms with Crippen molar-refractivity contribution in [3.63, 3.8) is 0 Å². The fourth-order valence-corrected chi connectivity index (χ4v) is 9.74. The normalized spacial score (nSPS) is 22.6. The number of ether oxygens (including phenoxy) is 4. The maximum absolute atomic E-state index is 14.6. The Bertz CT molecular complexity index is 2230. The van der Waals surface area contributed by atoms with Crippen LogP contribution in [0.4, 0.5) is 9.18 Å². The predicted molar refractivity (Wildman–Crippen MR) is 247 cm³/mol. The van der Waals surface area contributed by atoms with Crippen LogP contribution < -0.4 is 9.47 Å². The number of carbonyl (C=O) groups excluding carboxylic acids is 1. The van der Waals surface area contributed by atoms with Crippen LogP contribution in [0.15, 0.2) is 139 Å². The average Bonchev–Trinajstić information content (AvgIpc) is 3.32. The number of amides is 1. The van der Waals surface area contributed by atoms with Crippen LogP contribution in [0.3, 0.4) is 0 Å². The number of allylic oxidation sites excluding steroid dienone is 1. The van der Waals surface area contributed by atoms with Gasteiger partial charge in [0.25, 0.3) is 0 Å². The van der Waals surface area contributed by atoms with E-state index < -0.39 is 23.8 Å². The quantitative estimate of drug-likeness (QED) is 0.0455. The van der Waals surface area contributed by atoms with E-state index >= 15 is 0 Å². The number of oxime groups is 1. The average molecular weight is 873 g/mol. The highest BCUT2D eigenvalue weighted by molar-refractivity contribution is 6.03. The van der Waals surface area contributed by atoms with Gasteiger partial charge in [0.1, 0.15) is 35.7 Å². The van der Waals surface area contributed by atoms with Gasteiger partial charge in [0.05, 0.1) is 24.8 Å². The number of aliphatic hydroxyl groups excluding tert-OH is 2. The van der Waals surface area contributed by atoms with Crippen LogP contribution in [-0.2, 0) is 20.9 Å². The van der Waals surface area contributed by atoms with Gasteiger partial charge in [-0.05, 0) is 116 Å². The summed E-state index contributed by atoms with van der Waals surface area (Å²) in [5.41, 5.74) is 5.40. The molecule has 6 atom stereocenters. The molecule has 3 aliphatic rings. The molecule has 0 saturated heterocycles. The van der Waals surface area contributed by atoms with Gasteiger partial charge in [0.15, 0.2) is 0 Å². The summed E-state index contributed by atoms with van der Waals surface area (Å²) in [6, 6.07) is 29.3. The molecule has 64 heavy (non-hydrogen) atoms. The van der Waals surface area contributed by atoms with Gasteiger partial charge in [-0.3, -0.25) is 4.90 Å². The standard InChI is InChI=1S/C53H61FN2O8/c1-4-7-32-60-52(59)56(36-37-19-23-41(54)24-20-37)49-35-47(55-62-6-3)45-33-40(17-11-13-29-57)44(18-12-14-30-58)50-46-34-43(27-28-48(46)64-53(49,51(45)50)61-31-5-2)63-42-25-21-39(22-26-42)38-15-9-8-10-16-38/h4-5,8-10,15-16,19-28,33-34,40,44,49-51,57-58H,1-2,6-7,11-14,17-18,29-32,35-36H2,3H3/t40-,44+,49-,50+,51+,53+/m0/s1. The van der Waals surface area contributed by atoms with E-state index in [0.717, 1.165) is 47.9 Å². The zero-order valence-corrected chi connectivity index (χ0v) is 36.8. The van der Waals surface area contributed by atoms with E-state index in [-0.39, 0.29) is 63.0 Å². The predicted octanol–water partition coefficient (Wildman–Crippen LogP) is 11.2. The van der Waals surface area contributed by atoms with Crippen LogP contribution >= 0.6 is 0 Å². The largest absolute Gasteiger partial charge is 0.459 e. The van der Waals surface area contributed by atoms with E-state index in [1.807, 2.05) is 61.5 Å². The van der Waals surface area contributed by atoms with Gasteiger partial charge in [-0.2, -0.15) is 0 Å². The minimum Gasteiger partial charge on any atom is -0.459 e. The molecule has 7 rings (SSSR count). The first-order chi connectivity index (χ1) is 31.3. The summed E-state index contributed by atoms with van der Waals surface area (Å²) in [5, 5.41) is 24.7. The van der Waals surface area contributed by atoms with Crippen molar-refractivity contribution in [3.8, 4) is 28.4 Å². The van der Waals surface area contributed by atoms with Crippen LogP contribution in [0.5, 0.6) is 17.2 Å². The first-order valence-corrected chi connectivity index (χ1v) is 22.7. The molecule has 1 saturated carbocycles. The molecule has 1 fully saturated rings. The van der Waals surface area contributed by atoms with Crippen molar-refractivity contribution in [2.45, 2.75) is 82.6 Å². The minimum absolute atomic E-state index is 0.0194. The number of nitrogens with zero attached hydrogens (tertiary/aromatic N) is 2. The molecule has 10 nitrogen and oxygen atoms in total. The smallest absolute Gasteiger partial charge is 0.410 e. The summed E-state index contributed by atoms with van der Waals surface area (Å²) in [4.78, 5) is 22.1. The summed E-state index contributed by atoms with van der Waals surface area (Å²) >= 11 is 0. The zero-order valence-electron chi connectivity index (χ0n) is 36.8. The van der Waals surface area contributed by atoms with Crippen molar-refractivity contribution in [1.82, 2.24) is 4.90 Å². The highest BCUT2D eigenvalue weighted by atomic mass is 19.1. The minimum atomic E-state index is -1.50. The second-order valence-electron chi connectivity index (χ2n) is 16.6. The maximum atomic E-state index is 14.6. The lowest BCUT2D eigenvalue weighted by Crippen LogP contribution is -2.70. The van der Waals surface area contributed by atoms with E-state index in [1.54, 1.807) is 29.2 Å². The van der Waals surface area contributed by atoms with Crippen LogP contribution in [0, 0.1) is 23.6 Å². The van der Waals surface area contributed by atoms with Crippen molar-refractivity contribution >= 4 is 11.8 Å². The van der Waals surface area contributed by atoms with E-state index in [9.17, 15) is 19.4 Å². The van der Waals surface area contributed by atoms with E-state index in [1.165, 1.54) is 12.1 Å². The Kier molecular flexibility index (Phi) is 16.1. The lowest BCUT2D eigenvalue weighted by Gasteiger charge is -2.59. The van der Waals surface area contributed by atoms with Gasteiger partial charge in [-0.15, -0.1) is 13.2 Å². The third-order valence-corrected chi connectivity index (χ3v) is 12.6. The van der Waals surface area contributed by atoms with Gasteiger partial charge in [0, 0.05) is 37.7 Å². The first kappa shape index (κ1) is 46.2. The van der Waals surface area contributed by atoms with Crippen LogP contribution in [0.1, 0.15) is 75.3 Å². The summed E-state index contributed by atoms with van der Waals surface area (Å²) in [5.74, 6) is -0.681. The Balaban J connectivity index is 1.41. The van der Waals surface area contributed by atoms with Crippen molar-refractivity contribution in [3.05, 3.63) is 151 Å². The Morgan fingerprint density at radius 1 is 0.906 bits per heavy atom. The summed E-state index contributed by atoms with van der Waals surface area (Å²) in [7, 11) is 0. The Morgan fingerprint density at radius 2 is 1.62 bits per heavy atom. The van der Waals surface area contributed by atoms with E-state index in [4.69, 9.17) is 28.9 Å². The summed E-state index contributed by atoms with van der Waals surface area (Å²) < 4.78 is 41.2. The van der Waals surface area contributed by atoms with Gasteiger partial charge >= 0.3 is 6.09 Å². The highest BCUT2D eigenvalue weighted by Gasteiger charge is 2.65. The lowest BCUT2D eigenvalue weighted by molar-refractivity contribution is -0.256. The lowest BCUT2D eigenvalue weighted by atomic mass is 9.55. The fraction of sp³-hybridized carbons (Fsp3) is 0.396. The third kappa shape index (κ3) is 10.4. The zero-order chi connectivity index (χ0) is 44.9. The maximum Gasteiger partial charge on any atom is 0.410 e. The van der Waals surface area contributed by atoms with Crippen molar-refractivity contribution < 1.29 is 43.2 Å². The number of rotatable bonds is 22. The molecule has 0 spiro atoms. The first-order valence-electron chi connectivity index (χ1n) is 22.7. The van der Waals surface area contributed by atoms with Gasteiger partial charge in [0.2, 0.25) is 5.79 Å². The van der Waals surface area contributed by atoms with E-state index in [2.05, 4.69) is 37.4 Å². The van der Waals surface area contributed by atoms with Crippen LogP contribution in [0.2, 0.25) is 0 Å². The van der Waals surface area contributed by atoms with E-state index in [0.29, 0.717) is 54.4 Å². The topological polar surface area (TPSA) is 119 Å². The number of unbranched alkanes of at least 4 members (excludes halogenated alkanes) is 2. The summed E-state index contributed by atoms with van der Waals surface area (Å²) in [6.07, 6.45) is 10.2. The molecule has 11 heteroatoms. The number of hydrogen-bond acceptors (Lipinski definition) is 9. The molecule has 338 valence electrons. The number of hydrogen-bond donors (Lipinski definition) is 2. The molecule has 0 bridgehead atoms. The molecule has 1 aliphatic heterocycles. The molecule has 4 aromatic carbocycles. The molecule has 2 aliphatic carbocycles. The van der Waals surface area contributed by atoms with Gasteiger partial charge in [-0.25, -0.2) is 9.18 Å². The second-order valence-corrected chi connectivity index (χ2v) is 16.6. The third-order valence-electron chi connectivity index (χ3n) is 12.6. The van der Waals surface area contributed by atoms with Crippen molar-refractivity contribution in [2.24, 2.45) is 22.9 Å². The monoisotopic (exact) mass is 872 g/mol. The molecular formula is C53H61FN2O8. The van der Waals surface area contributed by atoms with Crippen molar-refractivity contribution in [2.75, 3.05) is 33.0 Å². The molecule has 4 aromatic rings. The van der Waals surface area contributed by atoms with Crippen LogP contribution in [-0.4, -0.2) is 71.8 Å². The number of aliphatic hydroxyl groups is 2. The van der Waals surface area contributed by atoms with Crippen LogP contribution in [0.25, 0.3) is 11.1 Å². The number of halogens is 1. The molecular weight excluding hydrogens is 812 g/mol. The SMILES string of the molecule is C=CCCOC(=O)N(Cc1ccc(F)cc1)[C@H]1CC(=NOCC)C2=C[C@H](CCCCO)[C@@H](CCCCO)[C@@H]3c4cc(Oc5ccc(-c6ccccc6)cc5)ccc4O[C@@]1(OCC=C)[C@H]23. The number of carbonyl (C=O) groups is 1. The number of benzene rings is 4.